The summed E-state index contributed by atoms with van der Waals surface area (Å²) in [5.74, 6) is 1.16. The summed E-state index contributed by atoms with van der Waals surface area (Å²) in [4.78, 5) is 8.41. The number of imidazole rings is 2. The van der Waals surface area contributed by atoms with Gasteiger partial charge in [-0.15, -0.1) is 0 Å². The average molecular weight is 481 g/mol. The van der Waals surface area contributed by atoms with Crippen molar-refractivity contribution in [2.45, 2.75) is 59.3 Å². The molecule has 0 amide bonds. The van der Waals surface area contributed by atoms with Crippen LogP contribution in [0.2, 0.25) is 0 Å². The summed E-state index contributed by atoms with van der Waals surface area (Å²) in [6.07, 6.45) is 17.9. The lowest BCUT2D eigenvalue weighted by atomic mass is 10.1. The molecule has 0 atom stereocenters. The molecule has 6 nitrogen and oxygen atoms in total. The van der Waals surface area contributed by atoms with Crippen LogP contribution in [0.3, 0.4) is 0 Å². The Hall–Kier alpha value is -3.93. The first-order chi connectivity index (χ1) is 17.4. The van der Waals surface area contributed by atoms with Crippen molar-refractivity contribution in [1.29, 1.82) is 0 Å². The van der Waals surface area contributed by atoms with Crippen LogP contribution in [0, 0.1) is 0 Å². The largest absolute Gasteiger partial charge is 0.307 e. The first kappa shape index (κ1) is 25.2. The Kier molecular flexibility index (Phi) is 8.16. The van der Waals surface area contributed by atoms with Gasteiger partial charge in [-0.1, -0.05) is 47.1 Å². The van der Waals surface area contributed by atoms with Crippen molar-refractivity contribution in [3.8, 4) is 0 Å². The molecule has 186 valence electrons. The molecule has 0 spiro atoms. The van der Waals surface area contributed by atoms with Crippen molar-refractivity contribution >= 4 is 16.8 Å². The Bertz CT molecular complexity index is 1440. The third-order valence-corrected chi connectivity index (χ3v) is 6.17. The van der Waals surface area contributed by atoms with E-state index in [9.17, 15) is 0 Å². The minimum Gasteiger partial charge on any atom is -0.307 e. The zero-order chi connectivity index (χ0) is 25.5. The monoisotopic (exact) mass is 480 g/mol. The third-order valence-electron chi connectivity index (χ3n) is 6.17. The molecule has 6 aromatic rings. The fourth-order valence-electron chi connectivity index (χ4n) is 3.99. The molecule has 6 heteroatoms. The SMILES string of the molecule is CC(C)c1ccn2ccnc2c1.CC(C)c1ccn2nccc2c1.CCCc1ccc2nccn2c1. The molecule has 6 rings (SSSR count). The van der Waals surface area contributed by atoms with Gasteiger partial charge in [0.15, 0.2) is 0 Å². The summed E-state index contributed by atoms with van der Waals surface area (Å²) in [7, 11) is 0. The maximum absolute atomic E-state index is 4.22. The molecular weight excluding hydrogens is 444 g/mol. The van der Waals surface area contributed by atoms with Gasteiger partial charge in [0, 0.05) is 49.6 Å². The topological polar surface area (TPSA) is 51.9 Å². The molecule has 0 bridgehead atoms. The minimum atomic E-state index is 0.576. The van der Waals surface area contributed by atoms with E-state index in [2.05, 4.69) is 103 Å². The maximum Gasteiger partial charge on any atom is 0.136 e. The van der Waals surface area contributed by atoms with Gasteiger partial charge >= 0.3 is 0 Å². The number of rotatable bonds is 4. The van der Waals surface area contributed by atoms with E-state index in [1.807, 2.05) is 52.2 Å². The van der Waals surface area contributed by atoms with Crippen LogP contribution in [0.4, 0.5) is 0 Å². The van der Waals surface area contributed by atoms with Crippen LogP contribution in [-0.4, -0.2) is 28.4 Å². The number of aryl methyl sites for hydroxylation is 1. The van der Waals surface area contributed by atoms with Gasteiger partial charge in [-0.2, -0.15) is 5.10 Å². The number of fused-ring (bicyclic) bond motifs is 3. The van der Waals surface area contributed by atoms with Crippen LogP contribution in [0.25, 0.3) is 16.8 Å². The number of pyridine rings is 3. The van der Waals surface area contributed by atoms with E-state index in [0.717, 1.165) is 17.7 Å². The second kappa shape index (κ2) is 11.7. The van der Waals surface area contributed by atoms with Gasteiger partial charge in [-0.25, -0.2) is 14.5 Å². The highest BCUT2D eigenvalue weighted by Gasteiger charge is 2.01. The summed E-state index contributed by atoms with van der Waals surface area (Å²) in [6.45, 7) is 11.0. The van der Waals surface area contributed by atoms with Crippen molar-refractivity contribution < 1.29 is 0 Å². The molecule has 0 saturated carbocycles. The summed E-state index contributed by atoms with van der Waals surface area (Å²) in [5.41, 5.74) is 7.30. The fourth-order valence-corrected chi connectivity index (χ4v) is 3.99. The summed E-state index contributed by atoms with van der Waals surface area (Å²) in [6, 6.07) is 14.8. The molecule has 0 saturated heterocycles. The van der Waals surface area contributed by atoms with E-state index in [4.69, 9.17) is 0 Å². The lowest BCUT2D eigenvalue weighted by Gasteiger charge is -2.04. The summed E-state index contributed by atoms with van der Waals surface area (Å²) in [5, 5.41) is 4.14. The van der Waals surface area contributed by atoms with Gasteiger partial charge in [-0.05, 0) is 71.3 Å². The third kappa shape index (κ3) is 6.19. The maximum atomic E-state index is 4.22. The lowest BCUT2D eigenvalue weighted by molar-refractivity contribution is 0.855. The standard InChI is InChI=1S/3C10H12N2/c1-8(2)9-4-6-12-10(7-9)3-5-11-12;1-8(2)9-3-5-12-6-4-11-10(12)7-9;1-2-3-9-4-5-10-11-6-7-12(10)8-9/h2*3-8H,1-2H3;4-8H,2-3H2,1H3. The molecule has 6 heterocycles. The molecule has 0 aliphatic rings. The summed E-state index contributed by atoms with van der Waals surface area (Å²) < 4.78 is 5.96. The number of hydrogen-bond acceptors (Lipinski definition) is 3. The first-order valence-corrected chi connectivity index (χ1v) is 12.7. The highest BCUT2D eigenvalue weighted by molar-refractivity contribution is 5.48. The van der Waals surface area contributed by atoms with Crippen molar-refractivity contribution in [2.24, 2.45) is 0 Å². The fraction of sp³-hybridized carbons (Fsp3) is 0.300. The number of aromatic nitrogens is 6. The lowest BCUT2D eigenvalue weighted by Crippen LogP contribution is -1.91. The number of hydrogen-bond donors (Lipinski definition) is 0. The second-order valence-corrected chi connectivity index (χ2v) is 9.60. The van der Waals surface area contributed by atoms with Crippen LogP contribution >= 0.6 is 0 Å². The van der Waals surface area contributed by atoms with E-state index in [-0.39, 0.29) is 0 Å². The van der Waals surface area contributed by atoms with E-state index in [0.29, 0.717) is 11.8 Å². The van der Waals surface area contributed by atoms with Crippen LogP contribution in [0.1, 0.15) is 69.6 Å². The molecule has 0 aromatic carbocycles. The van der Waals surface area contributed by atoms with Crippen LogP contribution in [-0.2, 0) is 6.42 Å². The molecule has 0 aliphatic carbocycles. The van der Waals surface area contributed by atoms with E-state index in [1.54, 1.807) is 0 Å². The first-order valence-electron chi connectivity index (χ1n) is 12.7. The molecule has 0 N–H and O–H groups in total. The Morgan fingerprint density at radius 1 is 0.694 bits per heavy atom. The molecular formula is C30H36N6. The molecule has 6 aromatic heterocycles. The molecule has 36 heavy (non-hydrogen) atoms. The normalized spacial score (nSPS) is 11.1. The van der Waals surface area contributed by atoms with Crippen LogP contribution < -0.4 is 0 Å². The quantitative estimate of drug-likeness (QED) is 0.268. The molecule has 0 aliphatic heterocycles. The van der Waals surface area contributed by atoms with Gasteiger partial charge in [0.2, 0.25) is 0 Å². The van der Waals surface area contributed by atoms with Crippen molar-refractivity contribution in [3.63, 3.8) is 0 Å². The summed E-state index contributed by atoms with van der Waals surface area (Å²) >= 11 is 0. The minimum absolute atomic E-state index is 0.576. The van der Waals surface area contributed by atoms with Gasteiger partial charge in [-0.3, -0.25) is 0 Å². The van der Waals surface area contributed by atoms with Crippen molar-refractivity contribution in [2.75, 3.05) is 0 Å². The molecule has 0 fully saturated rings. The Morgan fingerprint density at radius 2 is 1.39 bits per heavy atom. The zero-order valence-corrected chi connectivity index (χ0v) is 21.9. The Morgan fingerprint density at radius 3 is 2.14 bits per heavy atom. The van der Waals surface area contributed by atoms with Gasteiger partial charge in [0.05, 0.1) is 5.52 Å². The van der Waals surface area contributed by atoms with E-state index >= 15 is 0 Å². The Labute approximate surface area is 213 Å². The Balaban J connectivity index is 0.000000127. The second-order valence-electron chi connectivity index (χ2n) is 9.60. The smallest absolute Gasteiger partial charge is 0.136 e. The van der Waals surface area contributed by atoms with Gasteiger partial charge in [0.1, 0.15) is 11.3 Å². The predicted octanol–water partition coefficient (Wildman–Crippen LogP) is 7.20. The van der Waals surface area contributed by atoms with E-state index in [1.165, 1.54) is 28.6 Å². The number of nitrogens with zero attached hydrogens (tertiary/aromatic N) is 6. The van der Waals surface area contributed by atoms with Gasteiger partial charge < -0.3 is 8.80 Å². The zero-order valence-electron chi connectivity index (χ0n) is 21.9. The van der Waals surface area contributed by atoms with Crippen LogP contribution in [0.15, 0.2) is 92.0 Å². The van der Waals surface area contributed by atoms with E-state index < -0.39 is 0 Å². The predicted molar refractivity (Wildman–Crippen MR) is 148 cm³/mol. The molecule has 0 unspecified atom stereocenters. The molecule has 0 radical (unpaired) electrons. The highest BCUT2D eigenvalue weighted by Crippen LogP contribution is 2.16. The van der Waals surface area contributed by atoms with Crippen molar-refractivity contribution in [3.05, 3.63) is 109 Å². The van der Waals surface area contributed by atoms with Gasteiger partial charge in [0.25, 0.3) is 0 Å². The average Bonchev–Trinajstić information content (AvgIpc) is 3.64. The highest BCUT2D eigenvalue weighted by atomic mass is 15.2. The van der Waals surface area contributed by atoms with Crippen molar-refractivity contribution in [1.82, 2.24) is 28.4 Å². The van der Waals surface area contributed by atoms with Crippen LogP contribution in [0.5, 0.6) is 0 Å².